The Morgan fingerprint density at radius 2 is 1.41 bits per heavy atom. The molecule has 3 rings (SSSR count). The highest BCUT2D eigenvalue weighted by atomic mass is 16.3. The van der Waals surface area contributed by atoms with Crippen LogP contribution in [-0.4, -0.2) is 22.4 Å². The van der Waals surface area contributed by atoms with Crippen molar-refractivity contribution in [3.05, 3.63) is 71.0 Å². The molecule has 0 atom stereocenters. The molecule has 0 saturated carbocycles. The molecule has 0 heterocycles. The van der Waals surface area contributed by atoms with E-state index in [1.54, 1.807) is 24.3 Å². The zero-order valence-electron chi connectivity index (χ0n) is 11.5. The van der Waals surface area contributed by atoms with E-state index < -0.39 is 11.6 Å². The molecule has 0 bridgehead atoms. The van der Waals surface area contributed by atoms with E-state index in [9.17, 15) is 14.7 Å². The number of aliphatic hydroxyl groups excluding tert-OH is 1. The number of anilines is 1. The highest BCUT2D eigenvalue weighted by molar-refractivity contribution is 6.63. The Morgan fingerprint density at radius 3 is 2.00 bits per heavy atom. The highest BCUT2D eigenvalue weighted by Gasteiger charge is 2.38. The maximum absolute atomic E-state index is 12.2. The first-order valence-electron chi connectivity index (χ1n) is 6.56. The Balaban J connectivity index is 2.17. The van der Waals surface area contributed by atoms with Crippen molar-refractivity contribution in [3.8, 4) is 0 Å². The maximum atomic E-state index is 12.2. The maximum Gasteiger partial charge on any atom is 0.238 e. The van der Waals surface area contributed by atoms with Gasteiger partial charge in [-0.25, -0.2) is 0 Å². The lowest BCUT2D eigenvalue weighted by molar-refractivity contribution is -0.130. The van der Waals surface area contributed by atoms with Crippen LogP contribution in [0.5, 0.6) is 0 Å². The largest absolute Gasteiger partial charge is 0.506 e. The minimum atomic E-state index is -0.748. The summed E-state index contributed by atoms with van der Waals surface area (Å²) in [5.41, 5.74) is 7.21. The van der Waals surface area contributed by atoms with Crippen molar-refractivity contribution in [2.45, 2.75) is 0 Å². The van der Waals surface area contributed by atoms with Gasteiger partial charge in [-0.3, -0.25) is 9.59 Å². The van der Waals surface area contributed by atoms with Gasteiger partial charge < -0.3 is 16.2 Å². The van der Waals surface area contributed by atoms with E-state index >= 15 is 0 Å². The predicted molar refractivity (Wildman–Crippen MR) is 83.4 cm³/mol. The number of rotatable bonds is 1. The van der Waals surface area contributed by atoms with Gasteiger partial charge in [-0.05, 0) is 35.4 Å². The van der Waals surface area contributed by atoms with E-state index in [4.69, 9.17) is 11.1 Å². The molecular formula is C17H12N2O3. The van der Waals surface area contributed by atoms with E-state index in [-0.39, 0.29) is 22.6 Å². The number of carbonyl (C=O) groups excluding carboxylic acids is 2. The van der Waals surface area contributed by atoms with Gasteiger partial charge >= 0.3 is 0 Å². The predicted octanol–water partition coefficient (Wildman–Crippen LogP) is 2.13. The van der Waals surface area contributed by atoms with Gasteiger partial charge in [0.25, 0.3) is 0 Å². The molecule has 0 unspecified atom stereocenters. The Hall–Kier alpha value is -3.21. The first-order valence-corrected chi connectivity index (χ1v) is 6.56. The van der Waals surface area contributed by atoms with Crippen LogP contribution in [0.3, 0.4) is 0 Å². The van der Waals surface area contributed by atoms with E-state index in [0.29, 0.717) is 16.8 Å². The van der Waals surface area contributed by atoms with Crippen molar-refractivity contribution >= 4 is 28.5 Å². The Morgan fingerprint density at radius 1 is 0.864 bits per heavy atom. The van der Waals surface area contributed by atoms with Crippen molar-refractivity contribution in [2.75, 3.05) is 5.73 Å². The normalized spacial score (nSPS) is 17.9. The summed E-state index contributed by atoms with van der Waals surface area (Å²) in [6, 6.07) is 6.37. The molecule has 5 nitrogen and oxygen atoms in total. The minimum absolute atomic E-state index is 0.0186. The van der Waals surface area contributed by atoms with Crippen LogP contribution in [0.4, 0.5) is 5.69 Å². The number of aliphatic hydroxyl groups is 1. The molecule has 108 valence electrons. The molecule has 0 spiro atoms. The monoisotopic (exact) mass is 292 g/mol. The number of nitrogens with one attached hydrogen (secondary N) is 1. The van der Waals surface area contributed by atoms with Gasteiger partial charge in [0.15, 0.2) is 0 Å². The molecular weight excluding hydrogens is 280 g/mol. The van der Waals surface area contributed by atoms with E-state index in [1.807, 2.05) is 0 Å². The Kier molecular flexibility index (Phi) is 3.10. The third kappa shape index (κ3) is 2.09. The van der Waals surface area contributed by atoms with Gasteiger partial charge in [0.05, 0.1) is 16.9 Å². The molecule has 1 aromatic carbocycles. The van der Waals surface area contributed by atoms with E-state index in [0.717, 1.165) is 0 Å². The standard InChI is InChI=1S/C17H12N2O3/c18-11-5-1-9(2-6-11)13-15(20)14(17(22)16(13)21)10-3-7-12(19)8-4-10/h1-8,18,20H,19H2. The zero-order chi connectivity index (χ0) is 15.9. The molecule has 0 saturated heterocycles. The number of hydrogen-bond acceptors (Lipinski definition) is 5. The second-order valence-electron chi connectivity index (χ2n) is 4.96. The number of carbonyl (C=O) groups is 2. The number of ketones is 2. The average Bonchev–Trinajstić information content (AvgIpc) is 2.72. The van der Waals surface area contributed by atoms with Crippen LogP contribution >= 0.6 is 0 Å². The average molecular weight is 292 g/mol. The molecule has 0 aromatic heterocycles. The van der Waals surface area contributed by atoms with Crippen LogP contribution in [0.25, 0.3) is 5.57 Å². The fourth-order valence-corrected chi connectivity index (χ4v) is 2.39. The van der Waals surface area contributed by atoms with Gasteiger partial charge in [-0.1, -0.05) is 24.3 Å². The molecule has 0 aliphatic heterocycles. The van der Waals surface area contributed by atoms with Crippen molar-refractivity contribution in [3.63, 3.8) is 0 Å². The van der Waals surface area contributed by atoms with Crippen LogP contribution in [0.2, 0.25) is 0 Å². The lowest BCUT2D eigenvalue weighted by Crippen LogP contribution is -2.11. The van der Waals surface area contributed by atoms with Gasteiger partial charge in [-0.15, -0.1) is 0 Å². The second kappa shape index (κ2) is 4.96. The molecule has 2 aliphatic rings. The second-order valence-corrected chi connectivity index (χ2v) is 4.96. The Bertz CT molecular complexity index is 819. The summed E-state index contributed by atoms with van der Waals surface area (Å²) in [6.07, 6.45) is 6.05. The SMILES string of the molecule is N=C1C=CC(=C2C(=O)C(=O)C(c3ccc(N)cc3)=C2O)C=C1. The third-order valence-electron chi connectivity index (χ3n) is 3.51. The Labute approximate surface area is 126 Å². The summed E-state index contributed by atoms with van der Waals surface area (Å²) in [5.74, 6) is -1.83. The number of benzene rings is 1. The topological polar surface area (TPSA) is 104 Å². The van der Waals surface area contributed by atoms with Crippen LogP contribution < -0.4 is 5.73 Å². The molecule has 0 radical (unpaired) electrons. The van der Waals surface area contributed by atoms with Crippen LogP contribution in [0, 0.1) is 5.41 Å². The summed E-state index contributed by atoms with van der Waals surface area (Å²) >= 11 is 0. The molecule has 0 amide bonds. The number of Topliss-reactive ketones (excluding diaryl/α,β-unsaturated/α-hetero) is 2. The summed E-state index contributed by atoms with van der Waals surface area (Å²) in [4.78, 5) is 24.4. The van der Waals surface area contributed by atoms with Crippen LogP contribution in [-0.2, 0) is 9.59 Å². The molecule has 2 aliphatic carbocycles. The number of nitrogen functional groups attached to an aromatic ring is 1. The first kappa shape index (κ1) is 13.8. The van der Waals surface area contributed by atoms with Crippen LogP contribution in [0.1, 0.15) is 5.56 Å². The van der Waals surface area contributed by atoms with Crippen molar-refractivity contribution in [1.82, 2.24) is 0 Å². The molecule has 22 heavy (non-hydrogen) atoms. The number of hydrogen-bond donors (Lipinski definition) is 3. The smallest absolute Gasteiger partial charge is 0.238 e. The van der Waals surface area contributed by atoms with Gasteiger partial charge in [0.2, 0.25) is 11.6 Å². The summed E-state index contributed by atoms with van der Waals surface area (Å²) in [6.45, 7) is 0. The quantitative estimate of drug-likeness (QED) is 0.419. The lowest BCUT2D eigenvalue weighted by atomic mass is 10.0. The molecule has 1 aromatic rings. The fraction of sp³-hybridized carbons (Fsp3) is 0. The zero-order valence-corrected chi connectivity index (χ0v) is 11.5. The van der Waals surface area contributed by atoms with E-state index in [2.05, 4.69) is 0 Å². The molecule has 5 heteroatoms. The van der Waals surface area contributed by atoms with Gasteiger partial charge in [-0.2, -0.15) is 0 Å². The third-order valence-corrected chi connectivity index (χ3v) is 3.51. The minimum Gasteiger partial charge on any atom is -0.506 e. The van der Waals surface area contributed by atoms with Gasteiger partial charge in [0, 0.05) is 5.69 Å². The van der Waals surface area contributed by atoms with Crippen molar-refractivity contribution < 1.29 is 14.7 Å². The molecule has 4 N–H and O–H groups in total. The summed E-state index contributed by atoms with van der Waals surface area (Å²) in [7, 11) is 0. The first-order chi connectivity index (χ1) is 10.5. The highest BCUT2D eigenvalue weighted by Crippen LogP contribution is 2.34. The number of nitrogens with two attached hydrogens (primary N) is 1. The summed E-state index contributed by atoms with van der Waals surface area (Å²) < 4.78 is 0. The summed E-state index contributed by atoms with van der Waals surface area (Å²) in [5, 5.41) is 17.8. The van der Waals surface area contributed by atoms with Crippen molar-refractivity contribution in [1.29, 1.82) is 5.41 Å². The molecule has 0 fully saturated rings. The van der Waals surface area contributed by atoms with Crippen LogP contribution in [0.15, 0.2) is 65.5 Å². The number of allylic oxidation sites excluding steroid dienone is 7. The van der Waals surface area contributed by atoms with Crippen molar-refractivity contribution in [2.24, 2.45) is 0 Å². The lowest BCUT2D eigenvalue weighted by Gasteiger charge is -2.05. The van der Waals surface area contributed by atoms with Gasteiger partial charge in [0.1, 0.15) is 5.76 Å². The fourth-order valence-electron chi connectivity index (χ4n) is 2.39. The van der Waals surface area contributed by atoms with E-state index in [1.165, 1.54) is 24.3 Å².